The van der Waals surface area contributed by atoms with Gasteiger partial charge in [-0.25, -0.2) is 9.18 Å². The fourth-order valence-corrected chi connectivity index (χ4v) is 3.18. The molecule has 1 amide bonds. The first-order chi connectivity index (χ1) is 11.9. The second-order valence-electron chi connectivity index (χ2n) is 6.23. The van der Waals surface area contributed by atoms with Gasteiger partial charge in [-0.3, -0.25) is 0 Å². The number of halogens is 1. The van der Waals surface area contributed by atoms with Gasteiger partial charge >= 0.3 is 6.09 Å². The number of carbonyl (C=O) groups is 1. The first-order valence-corrected chi connectivity index (χ1v) is 8.08. The molecule has 0 unspecified atom stereocenters. The van der Waals surface area contributed by atoms with Crippen molar-refractivity contribution in [2.24, 2.45) is 0 Å². The zero-order chi connectivity index (χ0) is 18.0. The highest BCUT2D eigenvalue weighted by molar-refractivity contribution is 5.66. The highest BCUT2D eigenvalue weighted by Gasteiger charge is 2.35. The maximum absolute atomic E-state index is 13.9. The highest BCUT2D eigenvalue weighted by atomic mass is 19.1. The van der Waals surface area contributed by atoms with Crippen LogP contribution in [0, 0.1) is 5.82 Å². The number of likely N-dealkylation sites (tertiary alicyclic amines) is 1. The molecule has 0 radical (unpaired) electrons. The van der Waals surface area contributed by atoms with E-state index in [0.717, 1.165) is 16.7 Å². The number of rotatable bonds is 3. The van der Waals surface area contributed by atoms with Crippen molar-refractivity contribution in [1.82, 2.24) is 4.90 Å². The number of hydrogen-bond acceptors (Lipinski definition) is 3. The Kier molecular flexibility index (Phi) is 4.63. The average Bonchev–Trinajstić information content (AvgIpc) is 2.62. The van der Waals surface area contributed by atoms with Crippen LogP contribution in [-0.4, -0.2) is 41.4 Å². The summed E-state index contributed by atoms with van der Waals surface area (Å²) in [4.78, 5) is 12.3. The predicted molar refractivity (Wildman–Crippen MR) is 91.1 cm³/mol. The van der Waals surface area contributed by atoms with Gasteiger partial charge in [0, 0.05) is 13.1 Å². The van der Waals surface area contributed by atoms with E-state index in [4.69, 9.17) is 9.84 Å². The SMILES string of the molecule is COc1ccc(-c2ccc(C3(O)CCN(C(=O)O)CC3)cc2)cc1F. The number of carboxylic acid groups (broad SMARTS) is 1. The predicted octanol–water partition coefficient (Wildman–Crippen LogP) is 3.46. The fourth-order valence-electron chi connectivity index (χ4n) is 3.18. The van der Waals surface area contributed by atoms with E-state index in [0.29, 0.717) is 25.9 Å². The molecule has 5 nitrogen and oxygen atoms in total. The minimum atomic E-state index is -1.03. The van der Waals surface area contributed by atoms with Crippen LogP contribution < -0.4 is 4.74 Å². The van der Waals surface area contributed by atoms with E-state index in [1.54, 1.807) is 12.1 Å². The van der Waals surface area contributed by atoms with Crippen LogP contribution in [0.25, 0.3) is 11.1 Å². The van der Waals surface area contributed by atoms with Gasteiger partial charge < -0.3 is 19.8 Å². The molecule has 132 valence electrons. The van der Waals surface area contributed by atoms with E-state index in [-0.39, 0.29) is 5.75 Å². The molecule has 0 spiro atoms. The number of hydrogen-bond donors (Lipinski definition) is 2. The van der Waals surface area contributed by atoms with Crippen molar-refractivity contribution in [3.63, 3.8) is 0 Å². The third-order valence-electron chi connectivity index (χ3n) is 4.77. The van der Waals surface area contributed by atoms with Gasteiger partial charge in [-0.05, 0) is 41.7 Å². The summed E-state index contributed by atoms with van der Waals surface area (Å²) in [6.07, 6.45) is -0.245. The second kappa shape index (κ2) is 6.72. The number of ether oxygens (including phenoxy) is 1. The molecule has 0 bridgehead atoms. The molecule has 1 heterocycles. The first kappa shape index (κ1) is 17.2. The monoisotopic (exact) mass is 345 g/mol. The summed E-state index contributed by atoms with van der Waals surface area (Å²) in [7, 11) is 1.42. The smallest absolute Gasteiger partial charge is 0.407 e. The molecular weight excluding hydrogens is 325 g/mol. The van der Waals surface area contributed by atoms with Crippen LogP contribution in [0.3, 0.4) is 0 Å². The summed E-state index contributed by atoms with van der Waals surface area (Å²) in [5, 5.41) is 19.8. The Morgan fingerprint density at radius 3 is 2.24 bits per heavy atom. The molecule has 2 aromatic carbocycles. The second-order valence-corrected chi connectivity index (χ2v) is 6.23. The fraction of sp³-hybridized carbons (Fsp3) is 0.316. The first-order valence-electron chi connectivity index (χ1n) is 8.08. The Morgan fingerprint density at radius 1 is 1.12 bits per heavy atom. The maximum atomic E-state index is 13.9. The van der Waals surface area contributed by atoms with Gasteiger partial charge in [-0.15, -0.1) is 0 Å². The van der Waals surface area contributed by atoms with Gasteiger partial charge in [0.1, 0.15) is 0 Å². The summed E-state index contributed by atoms with van der Waals surface area (Å²) in [6, 6.07) is 12.1. The Bertz CT molecular complexity index is 767. The zero-order valence-corrected chi connectivity index (χ0v) is 13.9. The average molecular weight is 345 g/mol. The largest absolute Gasteiger partial charge is 0.494 e. The molecule has 1 aliphatic rings. The van der Waals surface area contributed by atoms with E-state index >= 15 is 0 Å². The highest BCUT2D eigenvalue weighted by Crippen LogP contribution is 2.34. The van der Waals surface area contributed by atoms with Crippen molar-refractivity contribution in [2.45, 2.75) is 18.4 Å². The van der Waals surface area contributed by atoms with E-state index in [2.05, 4.69) is 0 Å². The molecular formula is C19H20FNO4. The van der Waals surface area contributed by atoms with Gasteiger partial charge in [0.15, 0.2) is 11.6 Å². The van der Waals surface area contributed by atoms with Crippen molar-refractivity contribution >= 4 is 6.09 Å². The van der Waals surface area contributed by atoms with E-state index in [1.165, 1.54) is 18.1 Å². The summed E-state index contributed by atoms with van der Waals surface area (Å²) >= 11 is 0. The van der Waals surface area contributed by atoms with Crippen molar-refractivity contribution < 1.29 is 24.1 Å². The third kappa shape index (κ3) is 3.44. The summed E-state index contributed by atoms with van der Waals surface area (Å²) in [5.41, 5.74) is 1.26. The zero-order valence-electron chi connectivity index (χ0n) is 13.9. The topological polar surface area (TPSA) is 70.0 Å². The normalized spacial score (nSPS) is 16.5. The molecule has 1 saturated heterocycles. The number of benzene rings is 2. The lowest BCUT2D eigenvalue weighted by molar-refractivity contribution is -0.0213. The minimum Gasteiger partial charge on any atom is -0.494 e. The molecule has 6 heteroatoms. The third-order valence-corrected chi connectivity index (χ3v) is 4.77. The van der Waals surface area contributed by atoms with Crippen molar-refractivity contribution in [3.8, 4) is 16.9 Å². The molecule has 1 fully saturated rings. The Labute approximate surface area is 145 Å². The van der Waals surface area contributed by atoms with Crippen LogP contribution in [0.2, 0.25) is 0 Å². The van der Waals surface area contributed by atoms with Crippen LogP contribution in [-0.2, 0) is 5.60 Å². The summed E-state index contributed by atoms with van der Waals surface area (Å²) in [6.45, 7) is 0.606. The van der Waals surface area contributed by atoms with Crippen molar-refractivity contribution in [2.75, 3.05) is 20.2 Å². The van der Waals surface area contributed by atoms with Crippen LogP contribution in [0.5, 0.6) is 5.75 Å². The number of piperidine rings is 1. The molecule has 0 saturated carbocycles. The lowest BCUT2D eigenvalue weighted by Crippen LogP contribution is -2.44. The van der Waals surface area contributed by atoms with Crippen LogP contribution in [0.1, 0.15) is 18.4 Å². The lowest BCUT2D eigenvalue weighted by atomic mass is 9.84. The maximum Gasteiger partial charge on any atom is 0.407 e. The number of methoxy groups -OCH3 is 1. The Hall–Kier alpha value is -2.60. The molecule has 3 rings (SSSR count). The van der Waals surface area contributed by atoms with Crippen LogP contribution in [0.15, 0.2) is 42.5 Å². The Balaban J connectivity index is 1.78. The van der Waals surface area contributed by atoms with Crippen molar-refractivity contribution in [1.29, 1.82) is 0 Å². The van der Waals surface area contributed by atoms with Crippen LogP contribution in [0.4, 0.5) is 9.18 Å². The molecule has 0 aliphatic carbocycles. The van der Waals surface area contributed by atoms with Gasteiger partial charge in [-0.2, -0.15) is 0 Å². The number of amides is 1. The van der Waals surface area contributed by atoms with Crippen LogP contribution >= 0.6 is 0 Å². The molecule has 0 aromatic heterocycles. The standard InChI is InChI=1S/C19H20FNO4/c1-25-17-7-4-14(12-16(17)20)13-2-5-15(6-3-13)19(24)8-10-21(11-9-19)18(22)23/h2-7,12,24H,8-11H2,1H3,(H,22,23). The van der Waals surface area contributed by atoms with Gasteiger partial charge in [0.05, 0.1) is 12.7 Å². The number of nitrogens with zero attached hydrogens (tertiary/aromatic N) is 1. The summed E-state index contributed by atoms with van der Waals surface area (Å²) < 4.78 is 18.8. The molecule has 2 N–H and O–H groups in total. The van der Waals surface area contributed by atoms with Gasteiger partial charge in [0.2, 0.25) is 0 Å². The minimum absolute atomic E-state index is 0.194. The molecule has 25 heavy (non-hydrogen) atoms. The molecule has 1 aliphatic heterocycles. The van der Waals surface area contributed by atoms with Gasteiger partial charge in [-0.1, -0.05) is 30.3 Å². The van der Waals surface area contributed by atoms with Gasteiger partial charge in [0.25, 0.3) is 0 Å². The Morgan fingerprint density at radius 2 is 1.72 bits per heavy atom. The van der Waals surface area contributed by atoms with E-state index in [1.807, 2.05) is 24.3 Å². The number of aliphatic hydroxyl groups is 1. The summed E-state index contributed by atoms with van der Waals surface area (Å²) in [5.74, 6) is -0.233. The lowest BCUT2D eigenvalue weighted by Gasteiger charge is -2.37. The molecule has 2 aromatic rings. The quantitative estimate of drug-likeness (QED) is 0.894. The van der Waals surface area contributed by atoms with Crippen molar-refractivity contribution in [3.05, 3.63) is 53.8 Å². The van der Waals surface area contributed by atoms with E-state index < -0.39 is 17.5 Å². The molecule has 0 atom stereocenters. The van der Waals surface area contributed by atoms with E-state index in [9.17, 15) is 14.3 Å².